The van der Waals surface area contributed by atoms with E-state index < -0.39 is 0 Å². The van der Waals surface area contributed by atoms with Crippen LogP contribution in [0.2, 0.25) is 0 Å². The number of benzene rings is 2. The zero-order valence-corrected chi connectivity index (χ0v) is 14.9. The topological polar surface area (TPSA) is 12.0 Å². The molecule has 0 fully saturated rings. The zero-order valence-electron chi connectivity index (χ0n) is 13.3. The van der Waals surface area contributed by atoms with Crippen molar-refractivity contribution in [2.45, 2.75) is 40.2 Å². The molecule has 2 aromatic rings. The first-order valence-corrected chi connectivity index (χ1v) is 8.39. The first-order chi connectivity index (χ1) is 10.0. The van der Waals surface area contributed by atoms with E-state index in [4.69, 9.17) is 0 Å². The van der Waals surface area contributed by atoms with Crippen molar-refractivity contribution in [3.05, 3.63) is 68.7 Å². The highest BCUT2D eigenvalue weighted by Gasteiger charge is 2.18. The Balaban J connectivity index is 2.52. The van der Waals surface area contributed by atoms with Gasteiger partial charge in [-0.3, -0.25) is 0 Å². The fourth-order valence-corrected chi connectivity index (χ4v) is 3.06. The average Bonchev–Trinajstić information content (AvgIpc) is 2.47. The molecule has 0 heterocycles. The van der Waals surface area contributed by atoms with Gasteiger partial charge in [0, 0.05) is 4.47 Å². The molecule has 0 saturated carbocycles. The van der Waals surface area contributed by atoms with Crippen LogP contribution in [0.3, 0.4) is 0 Å². The summed E-state index contributed by atoms with van der Waals surface area (Å²) in [5, 5.41) is 3.72. The number of aryl methyl sites for hydroxylation is 2. The minimum atomic E-state index is 0.252. The minimum Gasteiger partial charge on any atom is -0.306 e. The lowest BCUT2D eigenvalue weighted by Crippen LogP contribution is -2.25. The lowest BCUT2D eigenvalue weighted by atomic mass is 9.90. The van der Waals surface area contributed by atoms with Crippen LogP contribution in [0.1, 0.15) is 47.2 Å². The van der Waals surface area contributed by atoms with Crippen LogP contribution in [0, 0.1) is 20.8 Å². The van der Waals surface area contributed by atoms with E-state index in [1.807, 2.05) is 0 Å². The maximum absolute atomic E-state index is 3.72. The van der Waals surface area contributed by atoms with Crippen molar-refractivity contribution >= 4 is 15.9 Å². The smallest absolute Gasteiger partial charge is 0.0582 e. The summed E-state index contributed by atoms with van der Waals surface area (Å²) in [4.78, 5) is 0. The number of nitrogens with one attached hydrogen (secondary N) is 1. The van der Waals surface area contributed by atoms with Crippen LogP contribution >= 0.6 is 15.9 Å². The van der Waals surface area contributed by atoms with E-state index in [-0.39, 0.29) is 6.04 Å². The first-order valence-electron chi connectivity index (χ1n) is 7.60. The molecule has 0 spiro atoms. The third kappa shape index (κ3) is 3.75. The van der Waals surface area contributed by atoms with Crippen molar-refractivity contribution in [1.29, 1.82) is 0 Å². The van der Waals surface area contributed by atoms with Crippen molar-refractivity contribution < 1.29 is 0 Å². The van der Waals surface area contributed by atoms with Crippen LogP contribution in [0.5, 0.6) is 0 Å². The van der Waals surface area contributed by atoms with Gasteiger partial charge in [-0.1, -0.05) is 47.1 Å². The van der Waals surface area contributed by atoms with Gasteiger partial charge < -0.3 is 5.32 Å². The van der Waals surface area contributed by atoms with E-state index in [0.29, 0.717) is 0 Å². The van der Waals surface area contributed by atoms with Crippen LogP contribution in [0.25, 0.3) is 0 Å². The molecule has 0 saturated heterocycles. The molecular weight excluding hydrogens is 322 g/mol. The van der Waals surface area contributed by atoms with Gasteiger partial charge in [0.15, 0.2) is 0 Å². The molecule has 2 aromatic carbocycles. The van der Waals surface area contributed by atoms with Crippen LogP contribution in [0.15, 0.2) is 40.9 Å². The quantitative estimate of drug-likeness (QED) is 0.758. The largest absolute Gasteiger partial charge is 0.306 e. The van der Waals surface area contributed by atoms with Crippen molar-refractivity contribution in [1.82, 2.24) is 5.32 Å². The summed E-state index contributed by atoms with van der Waals surface area (Å²) in [6.07, 6.45) is 1.13. The Kier molecular flexibility index (Phi) is 5.60. The van der Waals surface area contributed by atoms with Crippen molar-refractivity contribution in [3.8, 4) is 0 Å². The summed E-state index contributed by atoms with van der Waals surface area (Å²) in [6, 6.07) is 13.4. The molecule has 1 N–H and O–H groups in total. The Hall–Kier alpha value is -1.12. The number of rotatable bonds is 5. The zero-order chi connectivity index (χ0) is 15.4. The van der Waals surface area contributed by atoms with Gasteiger partial charge in [-0.25, -0.2) is 0 Å². The Bertz CT molecular complexity index is 617. The molecule has 2 rings (SSSR count). The molecule has 0 aliphatic rings. The molecule has 21 heavy (non-hydrogen) atoms. The maximum atomic E-state index is 3.72. The Morgan fingerprint density at radius 3 is 2.48 bits per heavy atom. The van der Waals surface area contributed by atoms with E-state index in [0.717, 1.165) is 17.4 Å². The number of halogens is 1. The van der Waals surface area contributed by atoms with Gasteiger partial charge >= 0.3 is 0 Å². The summed E-state index contributed by atoms with van der Waals surface area (Å²) in [5.74, 6) is 0. The van der Waals surface area contributed by atoms with E-state index in [1.165, 1.54) is 27.8 Å². The van der Waals surface area contributed by atoms with Crippen LogP contribution in [0.4, 0.5) is 0 Å². The normalized spacial score (nSPS) is 12.4. The summed E-state index contributed by atoms with van der Waals surface area (Å²) in [6.45, 7) is 9.82. The highest BCUT2D eigenvalue weighted by molar-refractivity contribution is 9.10. The van der Waals surface area contributed by atoms with Crippen molar-refractivity contribution in [2.24, 2.45) is 0 Å². The van der Waals surface area contributed by atoms with E-state index in [1.54, 1.807) is 0 Å². The molecule has 0 amide bonds. The van der Waals surface area contributed by atoms with Gasteiger partial charge in [0.2, 0.25) is 0 Å². The lowest BCUT2D eigenvalue weighted by Gasteiger charge is -2.24. The van der Waals surface area contributed by atoms with Gasteiger partial charge in [-0.15, -0.1) is 0 Å². The van der Waals surface area contributed by atoms with Crippen molar-refractivity contribution in [3.63, 3.8) is 0 Å². The fourth-order valence-electron chi connectivity index (χ4n) is 2.68. The summed E-state index contributed by atoms with van der Waals surface area (Å²) < 4.78 is 1.14. The maximum Gasteiger partial charge on any atom is 0.0582 e. The predicted octanol–water partition coefficient (Wildman–Crippen LogP) is 5.46. The van der Waals surface area contributed by atoms with Gasteiger partial charge in [0.25, 0.3) is 0 Å². The Morgan fingerprint density at radius 1 is 1.00 bits per heavy atom. The third-order valence-electron chi connectivity index (χ3n) is 4.11. The van der Waals surface area contributed by atoms with Crippen molar-refractivity contribution in [2.75, 3.05) is 6.54 Å². The standard InChI is InChI=1S/C19H24BrN/c1-5-11-21-19(17-8-6-7-13(2)15(17)4)18-12-16(20)10-9-14(18)3/h6-10,12,19,21H,5,11H2,1-4H3. The average molecular weight is 346 g/mol. The molecule has 1 nitrogen and oxygen atoms in total. The summed E-state index contributed by atoms with van der Waals surface area (Å²) in [5.41, 5.74) is 6.79. The fraction of sp³-hybridized carbons (Fsp3) is 0.368. The van der Waals surface area contributed by atoms with Crippen LogP contribution in [-0.4, -0.2) is 6.54 Å². The molecule has 0 aliphatic heterocycles. The summed E-state index contributed by atoms with van der Waals surface area (Å²) >= 11 is 3.61. The predicted molar refractivity (Wildman–Crippen MR) is 94.9 cm³/mol. The molecule has 0 aromatic heterocycles. The molecule has 0 bridgehead atoms. The van der Waals surface area contributed by atoms with Gasteiger partial charge in [-0.2, -0.15) is 0 Å². The molecule has 112 valence electrons. The van der Waals surface area contributed by atoms with E-state index >= 15 is 0 Å². The monoisotopic (exact) mass is 345 g/mol. The second-order valence-electron chi connectivity index (χ2n) is 5.68. The van der Waals surface area contributed by atoms with E-state index in [9.17, 15) is 0 Å². The highest BCUT2D eigenvalue weighted by Crippen LogP contribution is 2.30. The van der Waals surface area contributed by atoms with Crippen LogP contribution < -0.4 is 5.32 Å². The highest BCUT2D eigenvalue weighted by atomic mass is 79.9. The summed E-state index contributed by atoms with van der Waals surface area (Å²) in [7, 11) is 0. The molecular formula is C19H24BrN. The lowest BCUT2D eigenvalue weighted by molar-refractivity contribution is 0.593. The molecule has 1 atom stereocenters. The molecule has 0 radical (unpaired) electrons. The Labute approximate surface area is 136 Å². The first kappa shape index (κ1) is 16.3. The molecule has 0 aliphatic carbocycles. The van der Waals surface area contributed by atoms with Gasteiger partial charge in [0.1, 0.15) is 0 Å². The second-order valence-corrected chi connectivity index (χ2v) is 6.59. The number of hydrogen-bond donors (Lipinski definition) is 1. The molecule has 2 heteroatoms. The van der Waals surface area contributed by atoms with Gasteiger partial charge in [0.05, 0.1) is 6.04 Å². The minimum absolute atomic E-state index is 0.252. The van der Waals surface area contributed by atoms with E-state index in [2.05, 4.69) is 85.3 Å². The number of hydrogen-bond acceptors (Lipinski definition) is 1. The molecule has 1 unspecified atom stereocenters. The third-order valence-corrected chi connectivity index (χ3v) is 4.60. The van der Waals surface area contributed by atoms with Gasteiger partial charge in [-0.05, 0) is 73.7 Å². The Morgan fingerprint density at radius 2 is 1.76 bits per heavy atom. The van der Waals surface area contributed by atoms with Crippen LogP contribution in [-0.2, 0) is 0 Å². The SMILES string of the molecule is CCCNC(c1cc(Br)ccc1C)c1cccc(C)c1C. The second kappa shape index (κ2) is 7.24.